The predicted octanol–water partition coefficient (Wildman–Crippen LogP) is 3.54. The number of fused-ring (bicyclic) bond motifs is 1. The van der Waals surface area contributed by atoms with Gasteiger partial charge < -0.3 is 0 Å². The minimum absolute atomic E-state index is 0.0161. The van der Waals surface area contributed by atoms with E-state index in [1.807, 2.05) is 36.5 Å². The molecule has 0 aliphatic carbocycles. The zero-order valence-corrected chi connectivity index (χ0v) is 14.8. The molecule has 2 aromatic carbocycles. The highest BCUT2D eigenvalue weighted by atomic mass is 127. The molecule has 3 aromatic rings. The first-order chi connectivity index (χ1) is 10.5. The van der Waals surface area contributed by atoms with E-state index in [0.717, 1.165) is 27.8 Å². The van der Waals surface area contributed by atoms with Gasteiger partial charge in [-0.25, -0.2) is 4.79 Å². The van der Waals surface area contributed by atoms with E-state index >= 15 is 0 Å². The van der Waals surface area contributed by atoms with Gasteiger partial charge in [-0.1, -0.05) is 6.07 Å². The van der Waals surface area contributed by atoms with E-state index in [-0.39, 0.29) is 5.69 Å². The summed E-state index contributed by atoms with van der Waals surface area (Å²) in [4.78, 5) is 16.5. The summed E-state index contributed by atoms with van der Waals surface area (Å²) in [5.74, 6) is 0. The molecular weight excluding hydrogens is 389 g/mol. The van der Waals surface area contributed by atoms with Gasteiger partial charge in [0.15, 0.2) is 0 Å². The molecule has 22 heavy (non-hydrogen) atoms. The third-order valence-electron chi connectivity index (χ3n) is 3.81. The monoisotopic (exact) mass is 405 g/mol. The van der Waals surface area contributed by atoms with Crippen LogP contribution < -0.4 is 5.69 Å². The van der Waals surface area contributed by atoms with Gasteiger partial charge >= 0.3 is 5.69 Å². The molecule has 0 fully saturated rings. The number of halogens is 1. The molecule has 0 radical (unpaired) electrons. The number of rotatable bonds is 2. The van der Waals surface area contributed by atoms with Gasteiger partial charge in [0.1, 0.15) is 0 Å². The lowest BCUT2D eigenvalue weighted by Gasteiger charge is -2.01. The molecule has 0 saturated heterocycles. The van der Waals surface area contributed by atoms with Gasteiger partial charge in [-0.15, -0.1) is 0 Å². The maximum Gasteiger partial charge on any atom is 0.328 e. The van der Waals surface area contributed by atoms with E-state index < -0.39 is 0 Å². The Bertz CT molecular complexity index is 950. The van der Waals surface area contributed by atoms with Crippen LogP contribution in [0.15, 0.2) is 46.2 Å². The topological polar surface area (TPSA) is 39.3 Å². The molecule has 0 unspecified atom stereocenters. The molecule has 0 amide bonds. The Balaban J connectivity index is 2.02. The van der Waals surface area contributed by atoms with Gasteiger partial charge in [-0.2, -0.15) is 0 Å². The van der Waals surface area contributed by atoms with Crippen molar-refractivity contribution in [2.45, 2.75) is 6.92 Å². The SMILES string of the molecule is Cc1cc(I)ccc1N=Cc1ccc2c(c1)n(C)c(=O)n2C. The molecule has 0 atom stereocenters. The van der Waals surface area contributed by atoms with Crippen molar-refractivity contribution in [3.8, 4) is 0 Å². The van der Waals surface area contributed by atoms with Crippen LogP contribution in [0.2, 0.25) is 0 Å². The number of hydrogen-bond donors (Lipinski definition) is 0. The number of aliphatic imine (C=N–C) groups is 1. The Morgan fingerprint density at radius 2 is 1.77 bits per heavy atom. The van der Waals surface area contributed by atoms with E-state index in [4.69, 9.17) is 0 Å². The molecular formula is C17H16IN3O. The van der Waals surface area contributed by atoms with Crippen molar-refractivity contribution < 1.29 is 0 Å². The number of aryl methyl sites for hydroxylation is 3. The highest BCUT2D eigenvalue weighted by Crippen LogP contribution is 2.21. The standard InChI is InChI=1S/C17H16IN3O/c1-11-8-13(18)5-6-14(11)19-10-12-4-7-15-16(9-12)21(3)17(22)20(15)2/h4-10H,1-3H3. The van der Waals surface area contributed by atoms with Crippen molar-refractivity contribution in [2.24, 2.45) is 19.1 Å². The van der Waals surface area contributed by atoms with Gasteiger partial charge in [-0.3, -0.25) is 14.1 Å². The quantitative estimate of drug-likeness (QED) is 0.475. The molecule has 0 aliphatic rings. The number of hydrogen-bond acceptors (Lipinski definition) is 2. The molecule has 112 valence electrons. The molecule has 4 nitrogen and oxygen atoms in total. The number of nitrogens with zero attached hydrogens (tertiary/aromatic N) is 3. The molecule has 1 heterocycles. The average molecular weight is 405 g/mol. The lowest BCUT2D eigenvalue weighted by atomic mass is 10.2. The third kappa shape index (κ3) is 2.61. The first-order valence-electron chi connectivity index (χ1n) is 6.93. The Morgan fingerprint density at radius 1 is 1.05 bits per heavy atom. The second kappa shape index (κ2) is 5.72. The largest absolute Gasteiger partial charge is 0.328 e. The van der Waals surface area contributed by atoms with E-state index in [9.17, 15) is 4.79 Å². The molecule has 0 bridgehead atoms. The average Bonchev–Trinajstić information content (AvgIpc) is 2.71. The maximum atomic E-state index is 11.9. The second-order valence-corrected chi connectivity index (χ2v) is 6.58. The highest BCUT2D eigenvalue weighted by molar-refractivity contribution is 14.1. The van der Waals surface area contributed by atoms with Crippen molar-refractivity contribution >= 4 is 45.5 Å². The van der Waals surface area contributed by atoms with Crippen molar-refractivity contribution in [1.29, 1.82) is 0 Å². The normalized spacial score (nSPS) is 11.6. The fourth-order valence-electron chi connectivity index (χ4n) is 2.51. The lowest BCUT2D eigenvalue weighted by Crippen LogP contribution is -2.19. The molecule has 1 aromatic heterocycles. The van der Waals surface area contributed by atoms with Crippen molar-refractivity contribution in [2.75, 3.05) is 0 Å². The molecule has 3 rings (SSSR count). The van der Waals surface area contributed by atoms with Gasteiger partial charge in [-0.05, 0) is 71.0 Å². The summed E-state index contributed by atoms with van der Waals surface area (Å²) in [6, 6.07) is 12.1. The Labute approximate surface area is 142 Å². The summed E-state index contributed by atoms with van der Waals surface area (Å²) in [7, 11) is 3.57. The second-order valence-electron chi connectivity index (χ2n) is 5.34. The Kier molecular flexibility index (Phi) is 3.90. The zero-order chi connectivity index (χ0) is 15.9. The molecule has 0 N–H and O–H groups in total. The summed E-state index contributed by atoms with van der Waals surface area (Å²) < 4.78 is 4.51. The third-order valence-corrected chi connectivity index (χ3v) is 4.48. The van der Waals surface area contributed by atoms with Gasteiger partial charge in [0.25, 0.3) is 0 Å². The van der Waals surface area contributed by atoms with Crippen molar-refractivity contribution in [3.05, 3.63) is 61.6 Å². The van der Waals surface area contributed by atoms with Crippen LogP contribution in [0.3, 0.4) is 0 Å². The smallest absolute Gasteiger partial charge is 0.295 e. The van der Waals surface area contributed by atoms with E-state index in [1.165, 1.54) is 3.57 Å². The van der Waals surface area contributed by atoms with Crippen LogP contribution in [-0.2, 0) is 14.1 Å². The number of aromatic nitrogens is 2. The minimum atomic E-state index is -0.0161. The zero-order valence-electron chi connectivity index (χ0n) is 12.7. The van der Waals surface area contributed by atoms with Crippen molar-refractivity contribution in [1.82, 2.24) is 9.13 Å². The Morgan fingerprint density at radius 3 is 2.50 bits per heavy atom. The van der Waals surface area contributed by atoms with Crippen LogP contribution in [0.1, 0.15) is 11.1 Å². The summed E-state index contributed by atoms with van der Waals surface area (Å²) >= 11 is 2.29. The fourth-order valence-corrected chi connectivity index (χ4v) is 3.16. The van der Waals surface area contributed by atoms with Crippen LogP contribution in [0.25, 0.3) is 11.0 Å². The predicted molar refractivity (Wildman–Crippen MR) is 99.3 cm³/mol. The summed E-state index contributed by atoms with van der Waals surface area (Å²) in [6.45, 7) is 2.05. The van der Waals surface area contributed by atoms with E-state index in [1.54, 1.807) is 23.2 Å². The highest BCUT2D eigenvalue weighted by Gasteiger charge is 2.07. The van der Waals surface area contributed by atoms with Crippen LogP contribution in [0.4, 0.5) is 5.69 Å². The van der Waals surface area contributed by atoms with Crippen LogP contribution in [-0.4, -0.2) is 15.3 Å². The number of imidazole rings is 1. The van der Waals surface area contributed by atoms with Gasteiger partial charge in [0.05, 0.1) is 16.7 Å². The van der Waals surface area contributed by atoms with Crippen LogP contribution in [0.5, 0.6) is 0 Å². The number of benzene rings is 2. The molecule has 5 heteroatoms. The first-order valence-corrected chi connectivity index (χ1v) is 8.01. The molecule has 0 spiro atoms. The molecule has 0 aliphatic heterocycles. The Hall–Kier alpha value is -1.89. The first kappa shape index (κ1) is 15.0. The summed E-state index contributed by atoms with van der Waals surface area (Å²) in [5, 5.41) is 0. The fraction of sp³-hybridized carbons (Fsp3) is 0.176. The lowest BCUT2D eigenvalue weighted by molar-refractivity contribution is 0.795. The van der Waals surface area contributed by atoms with Crippen LogP contribution >= 0.6 is 22.6 Å². The van der Waals surface area contributed by atoms with Crippen LogP contribution in [0, 0.1) is 10.5 Å². The minimum Gasteiger partial charge on any atom is -0.295 e. The van der Waals surface area contributed by atoms with Gasteiger partial charge in [0.2, 0.25) is 0 Å². The summed E-state index contributed by atoms with van der Waals surface area (Å²) in [6.07, 6.45) is 1.84. The summed E-state index contributed by atoms with van der Waals surface area (Å²) in [5.41, 5.74) is 4.91. The van der Waals surface area contributed by atoms with E-state index in [2.05, 4.69) is 40.6 Å². The van der Waals surface area contributed by atoms with Gasteiger partial charge in [0, 0.05) is 23.9 Å². The van der Waals surface area contributed by atoms with E-state index in [0.29, 0.717) is 0 Å². The molecule has 0 saturated carbocycles. The van der Waals surface area contributed by atoms with Crippen molar-refractivity contribution in [3.63, 3.8) is 0 Å². The maximum absolute atomic E-state index is 11.9.